The normalized spacial score (nSPS) is 18.3. The van der Waals surface area contributed by atoms with Gasteiger partial charge in [-0.15, -0.1) is 6.42 Å². The largest absolute Gasteiger partial charge is 0.378 e. The Morgan fingerprint density at radius 1 is 1.31 bits per heavy atom. The van der Waals surface area contributed by atoms with Crippen molar-refractivity contribution in [3.8, 4) is 12.3 Å². The van der Waals surface area contributed by atoms with Crippen molar-refractivity contribution in [3.05, 3.63) is 35.3 Å². The van der Waals surface area contributed by atoms with E-state index in [9.17, 15) is 4.79 Å². The zero-order chi connectivity index (χ0) is 20.2. The van der Waals surface area contributed by atoms with Gasteiger partial charge in [0, 0.05) is 31.9 Å². The van der Waals surface area contributed by atoms with Gasteiger partial charge in [0.1, 0.15) is 5.65 Å². The fraction of sp³-hybridized carbons (Fsp3) is 0.565. The van der Waals surface area contributed by atoms with Crippen molar-refractivity contribution >= 4 is 11.6 Å². The fourth-order valence-corrected chi connectivity index (χ4v) is 4.56. The van der Waals surface area contributed by atoms with E-state index >= 15 is 0 Å². The number of hydrogen-bond acceptors (Lipinski definition) is 4. The molecule has 2 aromatic heterocycles. The maximum absolute atomic E-state index is 13.4. The molecule has 2 aliphatic rings. The average Bonchev–Trinajstić information content (AvgIpc) is 3.14. The van der Waals surface area contributed by atoms with Crippen molar-refractivity contribution in [1.29, 1.82) is 0 Å². The maximum atomic E-state index is 13.4. The quantitative estimate of drug-likeness (QED) is 0.732. The zero-order valence-corrected chi connectivity index (χ0v) is 17.3. The Hall–Kier alpha value is -2.36. The van der Waals surface area contributed by atoms with E-state index < -0.39 is 0 Å². The van der Waals surface area contributed by atoms with Crippen LogP contribution in [0.2, 0.25) is 0 Å². The predicted molar refractivity (Wildman–Crippen MR) is 113 cm³/mol. The molecule has 154 valence electrons. The Morgan fingerprint density at radius 3 is 2.79 bits per heavy atom. The highest BCUT2D eigenvalue weighted by molar-refractivity contribution is 5.94. The second kappa shape index (κ2) is 8.98. The molecular formula is C23H30N4O2. The molecule has 1 saturated carbocycles. The van der Waals surface area contributed by atoms with E-state index in [2.05, 4.69) is 15.2 Å². The van der Waals surface area contributed by atoms with E-state index in [1.807, 2.05) is 30.2 Å². The summed E-state index contributed by atoms with van der Waals surface area (Å²) in [5, 5.41) is 0. The molecule has 6 nitrogen and oxygen atoms in total. The molecule has 1 aliphatic carbocycles. The lowest BCUT2D eigenvalue weighted by molar-refractivity contribution is 0.0297. The van der Waals surface area contributed by atoms with Crippen molar-refractivity contribution in [2.45, 2.75) is 51.6 Å². The monoisotopic (exact) mass is 394 g/mol. The molecule has 0 aromatic carbocycles. The Kier molecular flexibility index (Phi) is 6.17. The SMILES string of the molecule is C#CCN(Cc1c(C(=O)N2CCOCC2)nc2c(C)cccn12)C1CCCCC1. The Labute approximate surface area is 172 Å². The van der Waals surface area contributed by atoms with Crippen LogP contribution in [0, 0.1) is 19.3 Å². The molecule has 0 atom stereocenters. The van der Waals surface area contributed by atoms with E-state index in [4.69, 9.17) is 16.1 Å². The Balaban J connectivity index is 1.71. The number of nitrogens with zero attached hydrogens (tertiary/aromatic N) is 4. The molecule has 29 heavy (non-hydrogen) atoms. The van der Waals surface area contributed by atoms with Crippen LogP contribution in [-0.4, -0.2) is 64.0 Å². The molecule has 0 bridgehead atoms. The van der Waals surface area contributed by atoms with Gasteiger partial charge in [-0.3, -0.25) is 9.69 Å². The van der Waals surface area contributed by atoms with Crippen molar-refractivity contribution in [3.63, 3.8) is 0 Å². The number of carbonyl (C=O) groups is 1. The molecule has 2 aromatic rings. The molecule has 6 heteroatoms. The molecule has 1 aliphatic heterocycles. The number of amides is 1. The van der Waals surface area contributed by atoms with Gasteiger partial charge >= 0.3 is 0 Å². The summed E-state index contributed by atoms with van der Waals surface area (Å²) in [5.41, 5.74) is 3.42. The highest BCUT2D eigenvalue weighted by Gasteiger charge is 2.29. The van der Waals surface area contributed by atoms with Crippen molar-refractivity contribution in [1.82, 2.24) is 19.2 Å². The summed E-state index contributed by atoms with van der Waals surface area (Å²) in [6, 6.07) is 4.53. The van der Waals surface area contributed by atoms with E-state index in [-0.39, 0.29) is 5.91 Å². The van der Waals surface area contributed by atoms with Crippen LogP contribution in [0.5, 0.6) is 0 Å². The number of morpholine rings is 1. The number of pyridine rings is 1. The third-order valence-corrected chi connectivity index (χ3v) is 6.18. The molecule has 4 rings (SSSR count). The minimum absolute atomic E-state index is 0.00398. The van der Waals surface area contributed by atoms with Crippen molar-refractivity contribution in [2.24, 2.45) is 0 Å². The highest BCUT2D eigenvalue weighted by Crippen LogP contribution is 2.26. The van der Waals surface area contributed by atoms with Gasteiger partial charge in [-0.2, -0.15) is 0 Å². The average molecular weight is 395 g/mol. The van der Waals surface area contributed by atoms with Gasteiger partial charge in [-0.1, -0.05) is 31.2 Å². The third kappa shape index (κ3) is 4.17. The van der Waals surface area contributed by atoms with Gasteiger partial charge in [0.05, 0.1) is 25.5 Å². The summed E-state index contributed by atoms with van der Waals surface area (Å²) in [6.45, 7) is 5.66. The lowest BCUT2D eigenvalue weighted by Crippen LogP contribution is -2.42. The highest BCUT2D eigenvalue weighted by atomic mass is 16.5. The second-order valence-corrected chi connectivity index (χ2v) is 8.10. The summed E-state index contributed by atoms with van der Waals surface area (Å²) in [7, 11) is 0. The van der Waals surface area contributed by atoms with E-state index in [1.54, 1.807) is 0 Å². The van der Waals surface area contributed by atoms with Crippen LogP contribution >= 0.6 is 0 Å². The lowest BCUT2D eigenvalue weighted by Gasteiger charge is -2.33. The summed E-state index contributed by atoms with van der Waals surface area (Å²) in [4.78, 5) is 22.4. The van der Waals surface area contributed by atoms with Crippen LogP contribution in [0.1, 0.15) is 53.8 Å². The molecule has 3 heterocycles. The van der Waals surface area contributed by atoms with Gasteiger partial charge in [-0.05, 0) is 31.4 Å². The van der Waals surface area contributed by atoms with E-state index in [0.29, 0.717) is 51.1 Å². The number of carbonyl (C=O) groups excluding carboxylic acids is 1. The number of aryl methyl sites for hydroxylation is 1. The van der Waals surface area contributed by atoms with Crippen LogP contribution in [0.25, 0.3) is 5.65 Å². The zero-order valence-electron chi connectivity index (χ0n) is 17.3. The van der Waals surface area contributed by atoms with Crippen molar-refractivity contribution in [2.75, 3.05) is 32.8 Å². The molecular weight excluding hydrogens is 364 g/mol. The fourth-order valence-electron chi connectivity index (χ4n) is 4.56. The predicted octanol–water partition coefficient (Wildman–Crippen LogP) is 2.88. The summed E-state index contributed by atoms with van der Waals surface area (Å²) >= 11 is 0. The van der Waals surface area contributed by atoms with Gasteiger partial charge in [0.15, 0.2) is 5.69 Å². The molecule has 0 unspecified atom stereocenters. The van der Waals surface area contributed by atoms with Crippen LogP contribution in [0.15, 0.2) is 18.3 Å². The number of ether oxygens (including phenoxy) is 1. The minimum Gasteiger partial charge on any atom is -0.378 e. The summed E-state index contributed by atoms with van der Waals surface area (Å²) < 4.78 is 7.50. The number of terminal acetylenes is 1. The van der Waals surface area contributed by atoms with Gasteiger partial charge < -0.3 is 14.0 Å². The number of fused-ring (bicyclic) bond motifs is 1. The first-order chi connectivity index (χ1) is 14.2. The molecule has 0 N–H and O–H groups in total. The number of rotatable bonds is 5. The van der Waals surface area contributed by atoms with Crippen LogP contribution < -0.4 is 0 Å². The van der Waals surface area contributed by atoms with Crippen LogP contribution in [0.3, 0.4) is 0 Å². The Bertz CT molecular complexity index is 901. The standard InChI is InChI=1S/C23H30N4O2/c1-3-11-26(19-9-5-4-6-10-19)17-20-21(23(28)25-13-15-29-16-14-25)24-22-18(2)8-7-12-27(20)22/h1,7-8,12,19H,4-6,9-11,13-17H2,2H3. The number of imidazole rings is 1. The molecule has 2 fully saturated rings. The number of aromatic nitrogens is 2. The Morgan fingerprint density at radius 2 is 2.07 bits per heavy atom. The maximum Gasteiger partial charge on any atom is 0.274 e. The first-order valence-electron chi connectivity index (χ1n) is 10.7. The number of hydrogen-bond donors (Lipinski definition) is 0. The van der Waals surface area contributed by atoms with Gasteiger partial charge in [-0.25, -0.2) is 4.98 Å². The van der Waals surface area contributed by atoms with Crippen LogP contribution in [0.4, 0.5) is 0 Å². The summed E-state index contributed by atoms with van der Waals surface area (Å²) in [5.74, 6) is 2.83. The molecule has 0 spiro atoms. The topological polar surface area (TPSA) is 50.1 Å². The lowest BCUT2D eigenvalue weighted by atomic mass is 9.94. The minimum atomic E-state index is -0.00398. The van der Waals surface area contributed by atoms with Gasteiger partial charge in [0.25, 0.3) is 5.91 Å². The first-order valence-corrected chi connectivity index (χ1v) is 10.7. The molecule has 0 radical (unpaired) electrons. The first kappa shape index (κ1) is 19.9. The van der Waals surface area contributed by atoms with E-state index in [1.165, 1.54) is 32.1 Å². The molecule has 1 saturated heterocycles. The van der Waals surface area contributed by atoms with Gasteiger partial charge in [0.2, 0.25) is 0 Å². The molecule has 1 amide bonds. The van der Waals surface area contributed by atoms with Crippen LogP contribution in [-0.2, 0) is 11.3 Å². The summed E-state index contributed by atoms with van der Waals surface area (Å²) in [6.07, 6.45) is 13.9. The van der Waals surface area contributed by atoms with Crippen molar-refractivity contribution < 1.29 is 9.53 Å². The van der Waals surface area contributed by atoms with E-state index in [0.717, 1.165) is 16.9 Å². The smallest absolute Gasteiger partial charge is 0.274 e. The third-order valence-electron chi connectivity index (χ3n) is 6.18. The second-order valence-electron chi connectivity index (χ2n) is 8.10.